The normalized spacial score (nSPS) is 15.7. The minimum Gasteiger partial charge on any atom is -0.269 e. The number of hydrogen-bond acceptors (Lipinski definition) is 2. The lowest BCUT2D eigenvalue weighted by atomic mass is 10.2. The van der Waals surface area contributed by atoms with Gasteiger partial charge >= 0.3 is 0 Å². The van der Waals surface area contributed by atoms with Gasteiger partial charge in [0, 0.05) is 11.6 Å². The number of halogens is 2. The molecule has 0 radical (unpaired) electrons. The van der Waals surface area contributed by atoms with Gasteiger partial charge in [0.1, 0.15) is 5.82 Å². The second kappa shape index (κ2) is 3.72. The van der Waals surface area contributed by atoms with E-state index in [4.69, 9.17) is 11.6 Å². The van der Waals surface area contributed by atoms with Crippen molar-refractivity contribution < 1.29 is 14.0 Å². The highest BCUT2D eigenvalue weighted by atomic mass is 35.5. The molecule has 1 aliphatic heterocycles. The van der Waals surface area contributed by atoms with Crippen LogP contribution in [0.2, 0.25) is 5.02 Å². The van der Waals surface area contributed by atoms with E-state index in [2.05, 4.69) is 0 Å². The van der Waals surface area contributed by atoms with Crippen molar-refractivity contribution in [2.75, 3.05) is 4.90 Å². The van der Waals surface area contributed by atoms with E-state index >= 15 is 0 Å². The molecule has 0 N–H and O–H groups in total. The third-order valence-electron chi connectivity index (χ3n) is 2.25. The average Bonchev–Trinajstić information content (AvgIpc) is 2.43. The molecule has 0 aliphatic carbocycles. The lowest BCUT2D eigenvalue weighted by molar-refractivity contribution is -0.120. The number of amides is 2. The number of nitrogens with zero attached hydrogens (tertiary/aromatic N) is 1. The maximum atomic E-state index is 12.8. The molecule has 0 bridgehead atoms. The summed E-state index contributed by atoms with van der Waals surface area (Å²) in [6, 6.07) is 3.51. The fraction of sp³-hybridized carbons (Fsp3) is 0.0909. The maximum absolute atomic E-state index is 12.8. The Bertz CT molecular complexity index is 525. The number of carbonyl (C=O) groups is 2. The van der Waals surface area contributed by atoms with Gasteiger partial charge in [-0.15, -0.1) is 0 Å². The fourth-order valence-corrected chi connectivity index (χ4v) is 1.73. The average molecular weight is 240 g/mol. The second-order valence-corrected chi connectivity index (χ2v) is 3.81. The van der Waals surface area contributed by atoms with Crippen molar-refractivity contribution in [3.63, 3.8) is 0 Å². The van der Waals surface area contributed by atoms with Gasteiger partial charge in [0.2, 0.25) is 0 Å². The van der Waals surface area contributed by atoms with Gasteiger partial charge in [-0.2, -0.15) is 0 Å². The number of imide groups is 1. The summed E-state index contributed by atoms with van der Waals surface area (Å²) in [7, 11) is 0. The molecule has 1 aliphatic rings. The van der Waals surface area contributed by atoms with Crippen LogP contribution in [0.1, 0.15) is 6.92 Å². The minimum absolute atomic E-state index is 0.0322. The molecule has 2 amide bonds. The van der Waals surface area contributed by atoms with Crippen LogP contribution in [0.5, 0.6) is 0 Å². The zero-order valence-electron chi connectivity index (χ0n) is 8.33. The van der Waals surface area contributed by atoms with E-state index in [9.17, 15) is 14.0 Å². The van der Waals surface area contributed by atoms with Crippen LogP contribution in [0, 0.1) is 5.82 Å². The second-order valence-electron chi connectivity index (χ2n) is 3.40. The van der Waals surface area contributed by atoms with E-state index in [0.717, 1.165) is 17.0 Å². The quantitative estimate of drug-likeness (QED) is 0.705. The molecule has 0 aromatic heterocycles. The molecular formula is C11H7ClFNO2. The van der Waals surface area contributed by atoms with Crippen LogP contribution in [0.3, 0.4) is 0 Å². The van der Waals surface area contributed by atoms with Gasteiger partial charge in [-0.25, -0.2) is 9.29 Å². The molecule has 0 atom stereocenters. The van der Waals surface area contributed by atoms with Gasteiger partial charge in [0.25, 0.3) is 11.8 Å². The van der Waals surface area contributed by atoms with Crippen molar-refractivity contribution in [3.05, 3.63) is 40.7 Å². The standard InChI is InChI=1S/C11H7ClFNO2/c1-6-4-10(15)14(11(6)16)9-3-2-7(13)5-8(9)12/h2-5H,1H3. The number of rotatable bonds is 1. The molecule has 2 rings (SSSR count). The summed E-state index contributed by atoms with van der Waals surface area (Å²) in [4.78, 5) is 24.1. The third kappa shape index (κ3) is 1.61. The molecule has 16 heavy (non-hydrogen) atoms. The highest BCUT2D eigenvalue weighted by Gasteiger charge is 2.31. The van der Waals surface area contributed by atoms with Crippen molar-refractivity contribution in [1.29, 1.82) is 0 Å². The van der Waals surface area contributed by atoms with E-state index < -0.39 is 17.6 Å². The third-order valence-corrected chi connectivity index (χ3v) is 2.55. The molecule has 0 saturated heterocycles. The zero-order valence-corrected chi connectivity index (χ0v) is 9.08. The maximum Gasteiger partial charge on any atom is 0.261 e. The Labute approximate surface area is 96.1 Å². The van der Waals surface area contributed by atoms with Crippen molar-refractivity contribution in [2.45, 2.75) is 6.92 Å². The first-order chi connectivity index (χ1) is 7.50. The molecule has 0 fully saturated rings. The lowest BCUT2D eigenvalue weighted by Crippen LogP contribution is -2.30. The van der Waals surface area contributed by atoms with E-state index in [-0.39, 0.29) is 10.7 Å². The summed E-state index contributed by atoms with van der Waals surface area (Å²) < 4.78 is 12.8. The van der Waals surface area contributed by atoms with Crippen LogP contribution >= 0.6 is 11.6 Å². The Morgan fingerprint density at radius 3 is 2.50 bits per heavy atom. The predicted molar refractivity (Wildman–Crippen MR) is 57.7 cm³/mol. The summed E-state index contributed by atoms with van der Waals surface area (Å²) >= 11 is 5.78. The summed E-state index contributed by atoms with van der Waals surface area (Å²) in [5.74, 6) is -1.41. The molecule has 0 saturated carbocycles. The van der Waals surface area contributed by atoms with E-state index in [1.165, 1.54) is 19.1 Å². The summed E-state index contributed by atoms with van der Waals surface area (Å²) in [6.45, 7) is 1.54. The predicted octanol–water partition coefficient (Wildman–Crippen LogP) is 2.30. The largest absolute Gasteiger partial charge is 0.269 e. The highest BCUT2D eigenvalue weighted by Crippen LogP contribution is 2.30. The molecule has 82 valence electrons. The van der Waals surface area contributed by atoms with Crippen LogP contribution in [-0.2, 0) is 9.59 Å². The van der Waals surface area contributed by atoms with Crippen LogP contribution in [0.4, 0.5) is 10.1 Å². The number of hydrogen-bond donors (Lipinski definition) is 0. The van der Waals surface area contributed by atoms with Crippen molar-refractivity contribution in [3.8, 4) is 0 Å². The highest BCUT2D eigenvalue weighted by molar-refractivity contribution is 6.38. The van der Waals surface area contributed by atoms with Crippen LogP contribution in [-0.4, -0.2) is 11.8 Å². The van der Waals surface area contributed by atoms with Crippen molar-refractivity contribution in [1.82, 2.24) is 0 Å². The lowest BCUT2D eigenvalue weighted by Gasteiger charge is -2.15. The number of benzene rings is 1. The first-order valence-electron chi connectivity index (χ1n) is 4.52. The first kappa shape index (κ1) is 10.8. The molecule has 0 unspecified atom stereocenters. The summed E-state index contributed by atoms with van der Waals surface area (Å²) in [5.41, 5.74) is 0.538. The Hall–Kier alpha value is -1.68. The Balaban J connectivity index is 2.47. The van der Waals surface area contributed by atoms with Gasteiger partial charge in [0.15, 0.2) is 0 Å². The van der Waals surface area contributed by atoms with Crippen LogP contribution < -0.4 is 4.90 Å². The molecule has 1 heterocycles. The van der Waals surface area contributed by atoms with Crippen LogP contribution in [0.15, 0.2) is 29.8 Å². The van der Waals surface area contributed by atoms with Crippen LogP contribution in [0.25, 0.3) is 0 Å². The van der Waals surface area contributed by atoms with Gasteiger partial charge in [-0.1, -0.05) is 11.6 Å². The fourth-order valence-electron chi connectivity index (χ4n) is 1.48. The van der Waals surface area contributed by atoms with Gasteiger partial charge in [-0.3, -0.25) is 9.59 Å². The number of carbonyl (C=O) groups excluding carboxylic acids is 2. The molecule has 1 aromatic rings. The molecule has 1 aromatic carbocycles. The Kier molecular flexibility index (Phi) is 2.52. The summed E-state index contributed by atoms with van der Waals surface area (Å²) in [5, 5.41) is 0.0322. The van der Waals surface area contributed by atoms with E-state index in [0.29, 0.717) is 5.57 Å². The topological polar surface area (TPSA) is 37.4 Å². The first-order valence-corrected chi connectivity index (χ1v) is 4.90. The smallest absolute Gasteiger partial charge is 0.261 e. The van der Waals surface area contributed by atoms with E-state index in [1.807, 2.05) is 0 Å². The Morgan fingerprint density at radius 1 is 1.31 bits per heavy atom. The molecule has 3 nitrogen and oxygen atoms in total. The monoisotopic (exact) mass is 239 g/mol. The zero-order chi connectivity index (χ0) is 11.9. The van der Waals surface area contributed by atoms with E-state index in [1.54, 1.807) is 0 Å². The van der Waals surface area contributed by atoms with Crippen molar-refractivity contribution in [2.24, 2.45) is 0 Å². The number of anilines is 1. The molecule has 5 heteroatoms. The molecular weight excluding hydrogens is 233 g/mol. The minimum atomic E-state index is -0.516. The van der Waals surface area contributed by atoms with Gasteiger partial charge in [-0.05, 0) is 25.1 Å². The molecule has 0 spiro atoms. The van der Waals surface area contributed by atoms with Gasteiger partial charge in [0.05, 0.1) is 10.7 Å². The van der Waals surface area contributed by atoms with Gasteiger partial charge < -0.3 is 0 Å². The SMILES string of the molecule is CC1=CC(=O)N(c2ccc(F)cc2Cl)C1=O. The van der Waals surface area contributed by atoms with Crippen molar-refractivity contribution >= 4 is 29.1 Å². The summed E-state index contributed by atoms with van der Waals surface area (Å²) in [6.07, 6.45) is 1.22. The Morgan fingerprint density at radius 2 is 2.00 bits per heavy atom.